The van der Waals surface area contributed by atoms with Crippen LogP contribution in [0.15, 0.2) is 48.8 Å². The fourth-order valence-corrected chi connectivity index (χ4v) is 4.36. The quantitative estimate of drug-likeness (QED) is 0.400. The highest BCUT2D eigenvalue weighted by atomic mass is 16.5. The normalized spacial score (nSPS) is 12.9. The van der Waals surface area contributed by atoms with Gasteiger partial charge in [0.05, 0.1) is 25.4 Å². The lowest BCUT2D eigenvalue weighted by Gasteiger charge is -2.24. The zero-order chi connectivity index (χ0) is 23.7. The first-order valence-corrected chi connectivity index (χ1v) is 11.2. The monoisotopic (exact) mass is 452 g/mol. The maximum absolute atomic E-state index is 9.67. The average molecular weight is 453 g/mol. The molecule has 170 valence electrons. The van der Waals surface area contributed by atoms with Gasteiger partial charge in [-0.1, -0.05) is 12.1 Å². The topological polar surface area (TPSA) is 97.1 Å². The summed E-state index contributed by atoms with van der Waals surface area (Å²) in [6, 6.07) is 14.6. The number of aromatic nitrogens is 4. The van der Waals surface area contributed by atoms with E-state index in [1.807, 2.05) is 36.4 Å². The molecule has 1 saturated carbocycles. The Kier molecular flexibility index (Phi) is 5.68. The molecule has 0 N–H and O–H groups in total. The summed E-state index contributed by atoms with van der Waals surface area (Å²) in [6.45, 7) is 2.93. The molecule has 0 radical (unpaired) electrons. The summed E-state index contributed by atoms with van der Waals surface area (Å²) in [7, 11) is 3.22. The average Bonchev–Trinajstić information content (AvgIpc) is 3.73. The van der Waals surface area contributed by atoms with Crippen molar-refractivity contribution in [2.45, 2.75) is 25.8 Å². The predicted octanol–water partition coefficient (Wildman–Crippen LogP) is 4.63. The van der Waals surface area contributed by atoms with Gasteiger partial charge in [-0.2, -0.15) is 5.26 Å². The number of methoxy groups -OCH3 is 2. The first-order chi connectivity index (χ1) is 16.7. The first-order valence-electron chi connectivity index (χ1n) is 11.2. The summed E-state index contributed by atoms with van der Waals surface area (Å²) in [6.07, 6.45) is 5.51. The molecule has 4 aromatic rings. The van der Waals surface area contributed by atoms with E-state index in [0.29, 0.717) is 29.1 Å². The molecule has 8 nitrogen and oxygen atoms in total. The third-order valence-corrected chi connectivity index (χ3v) is 6.10. The molecule has 1 aliphatic rings. The van der Waals surface area contributed by atoms with Crippen molar-refractivity contribution < 1.29 is 9.47 Å². The molecule has 0 spiro atoms. The van der Waals surface area contributed by atoms with Gasteiger partial charge in [-0.25, -0.2) is 9.97 Å². The number of nitrogens with zero attached hydrogens (tertiary/aromatic N) is 6. The van der Waals surface area contributed by atoms with Gasteiger partial charge in [-0.3, -0.25) is 0 Å². The van der Waals surface area contributed by atoms with Crippen LogP contribution in [0.1, 0.15) is 25.5 Å². The molecule has 0 atom stereocenters. The lowest BCUT2D eigenvalue weighted by molar-refractivity contribution is 0.397. The molecular formula is C26H24N6O2. The highest BCUT2D eigenvalue weighted by Gasteiger charge is 2.31. The van der Waals surface area contributed by atoms with Crippen LogP contribution in [0.3, 0.4) is 0 Å². The highest BCUT2D eigenvalue weighted by Crippen LogP contribution is 2.40. The fourth-order valence-electron chi connectivity index (χ4n) is 4.36. The molecule has 0 aliphatic heterocycles. The number of anilines is 1. The molecule has 0 bridgehead atoms. The minimum atomic E-state index is 0.369. The Balaban J connectivity index is 1.60. The predicted molar refractivity (Wildman–Crippen MR) is 130 cm³/mol. The van der Waals surface area contributed by atoms with Crippen LogP contribution in [0.2, 0.25) is 0 Å². The van der Waals surface area contributed by atoms with E-state index in [1.165, 1.54) is 0 Å². The van der Waals surface area contributed by atoms with Crippen molar-refractivity contribution in [1.29, 1.82) is 5.26 Å². The molecule has 2 aromatic heterocycles. The molecule has 2 heterocycles. The van der Waals surface area contributed by atoms with Crippen LogP contribution in [0.5, 0.6) is 11.6 Å². The van der Waals surface area contributed by atoms with Crippen molar-refractivity contribution >= 4 is 16.6 Å². The van der Waals surface area contributed by atoms with Crippen molar-refractivity contribution in [3.05, 3.63) is 54.5 Å². The molecule has 1 aliphatic carbocycles. The van der Waals surface area contributed by atoms with Crippen molar-refractivity contribution in [2.24, 2.45) is 0 Å². The Morgan fingerprint density at radius 3 is 2.50 bits per heavy atom. The number of hydrogen-bond acceptors (Lipinski definition) is 8. The molecule has 0 unspecified atom stereocenters. The Morgan fingerprint density at radius 1 is 1.00 bits per heavy atom. The van der Waals surface area contributed by atoms with Crippen LogP contribution in [-0.4, -0.2) is 47.0 Å². The SMILES string of the molecule is CCN(c1c(C#N)nnc2cc(-c3ccc(-c4nccnc4OC)cc3OC)ccc12)C1CC1. The van der Waals surface area contributed by atoms with Gasteiger partial charge >= 0.3 is 0 Å². The van der Waals surface area contributed by atoms with E-state index in [1.54, 1.807) is 26.6 Å². The van der Waals surface area contributed by atoms with E-state index in [-0.39, 0.29) is 0 Å². The Bertz CT molecular complexity index is 1410. The van der Waals surface area contributed by atoms with Crippen molar-refractivity contribution in [2.75, 3.05) is 25.7 Å². The molecule has 5 rings (SSSR count). The standard InChI is InChI=1S/C26H24N6O2/c1-4-32(18-7-8-18)25-20-10-5-16(13-21(20)30-31-22(25)15-27)19-9-6-17(14-23(19)33-2)24-26(34-3)29-12-11-28-24/h5-6,9-14,18H,4,7-8H2,1-3H3. The molecular weight excluding hydrogens is 428 g/mol. The maximum Gasteiger partial charge on any atom is 0.240 e. The zero-order valence-electron chi connectivity index (χ0n) is 19.3. The fraction of sp³-hybridized carbons (Fsp3) is 0.269. The van der Waals surface area contributed by atoms with Crippen LogP contribution in [0, 0.1) is 11.3 Å². The van der Waals surface area contributed by atoms with Crippen LogP contribution in [0.25, 0.3) is 33.3 Å². The van der Waals surface area contributed by atoms with Crippen LogP contribution in [-0.2, 0) is 0 Å². The van der Waals surface area contributed by atoms with E-state index in [4.69, 9.17) is 9.47 Å². The van der Waals surface area contributed by atoms with Crippen LogP contribution >= 0.6 is 0 Å². The van der Waals surface area contributed by atoms with Gasteiger partial charge in [-0.05, 0) is 49.6 Å². The lowest BCUT2D eigenvalue weighted by Crippen LogP contribution is -2.26. The number of hydrogen-bond donors (Lipinski definition) is 0. The van der Waals surface area contributed by atoms with Crippen molar-refractivity contribution in [3.8, 4) is 40.1 Å². The Labute approximate surface area is 197 Å². The largest absolute Gasteiger partial charge is 0.496 e. The molecule has 1 fully saturated rings. The lowest BCUT2D eigenvalue weighted by atomic mass is 9.99. The van der Waals surface area contributed by atoms with Gasteiger partial charge in [0, 0.05) is 41.5 Å². The Morgan fingerprint density at radius 2 is 1.79 bits per heavy atom. The van der Waals surface area contributed by atoms with E-state index in [0.717, 1.165) is 52.7 Å². The number of fused-ring (bicyclic) bond motifs is 1. The van der Waals surface area contributed by atoms with E-state index in [9.17, 15) is 5.26 Å². The minimum absolute atomic E-state index is 0.369. The van der Waals surface area contributed by atoms with Gasteiger partial charge < -0.3 is 14.4 Å². The summed E-state index contributed by atoms with van der Waals surface area (Å²) < 4.78 is 11.1. The van der Waals surface area contributed by atoms with Crippen LogP contribution in [0.4, 0.5) is 5.69 Å². The summed E-state index contributed by atoms with van der Waals surface area (Å²) >= 11 is 0. The van der Waals surface area contributed by atoms with Crippen molar-refractivity contribution in [1.82, 2.24) is 20.2 Å². The molecule has 0 saturated heterocycles. The van der Waals surface area contributed by atoms with Gasteiger partial charge in [0.25, 0.3) is 0 Å². The smallest absolute Gasteiger partial charge is 0.240 e. The van der Waals surface area contributed by atoms with Gasteiger partial charge in [0.15, 0.2) is 5.69 Å². The molecule has 2 aromatic carbocycles. The van der Waals surface area contributed by atoms with E-state index < -0.39 is 0 Å². The summed E-state index contributed by atoms with van der Waals surface area (Å²) in [4.78, 5) is 10.9. The third-order valence-electron chi connectivity index (χ3n) is 6.10. The first kappa shape index (κ1) is 21.6. The highest BCUT2D eigenvalue weighted by molar-refractivity contribution is 5.96. The summed E-state index contributed by atoms with van der Waals surface area (Å²) in [5.74, 6) is 1.15. The van der Waals surface area contributed by atoms with E-state index in [2.05, 4.69) is 38.1 Å². The van der Waals surface area contributed by atoms with Gasteiger partial charge in [0.1, 0.15) is 17.5 Å². The number of rotatable bonds is 7. The third kappa shape index (κ3) is 3.75. The summed E-state index contributed by atoms with van der Waals surface area (Å²) in [5.41, 5.74) is 5.34. The van der Waals surface area contributed by atoms with Crippen LogP contribution < -0.4 is 14.4 Å². The molecule has 8 heteroatoms. The Hall–Kier alpha value is -4.25. The number of nitriles is 1. The van der Waals surface area contributed by atoms with Crippen molar-refractivity contribution in [3.63, 3.8) is 0 Å². The minimum Gasteiger partial charge on any atom is -0.496 e. The number of ether oxygens (including phenoxy) is 2. The maximum atomic E-state index is 9.67. The summed E-state index contributed by atoms with van der Waals surface area (Å²) in [5, 5.41) is 19.2. The zero-order valence-corrected chi connectivity index (χ0v) is 19.3. The van der Waals surface area contributed by atoms with Gasteiger partial charge in [0.2, 0.25) is 5.88 Å². The molecule has 0 amide bonds. The van der Waals surface area contributed by atoms with E-state index >= 15 is 0 Å². The second-order valence-electron chi connectivity index (χ2n) is 8.09. The second kappa shape index (κ2) is 8.94. The second-order valence-corrected chi connectivity index (χ2v) is 8.09. The molecule has 34 heavy (non-hydrogen) atoms. The number of benzene rings is 2. The van der Waals surface area contributed by atoms with Gasteiger partial charge in [-0.15, -0.1) is 10.2 Å².